The number of amides is 2. The Hall–Kier alpha value is -2.82. The van der Waals surface area contributed by atoms with Crippen molar-refractivity contribution in [2.24, 2.45) is 0 Å². The van der Waals surface area contributed by atoms with E-state index in [4.69, 9.17) is 4.74 Å². The molecule has 2 aromatic rings. The number of rotatable bonds is 7. The van der Waals surface area contributed by atoms with Crippen LogP contribution in [0.5, 0.6) is 5.75 Å². The van der Waals surface area contributed by atoms with Crippen molar-refractivity contribution in [3.05, 3.63) is 54.1 Å². The summed E-state index contributed by atoms with van der Waals surface area (Å²) in [6.45, 7) is 2.16. The summed E-state index contributed by atoms with van der Waals surface area (Å²) in [5, 5.41) is 3.14. The summed E-state index contributed by atoms with van der Waals surface area (Å²) in [5.41, 5.74) is 2.65. The molecule has 26 heavy (non-hydrogen) atoms. The van der Waals surface area contributed by atoms with E-state index in [9.17, 15) is 9.59 Å². The summed E-state index contributed by atoms with van der Waals surface area (Å²) in [5.74, 6) is 0.351. The van der Waals surface area contributed by atoms with Gasteiger partial charge in [0.1, 0.15) is 11.8 Å². The minimum absolute atomic E-state index is 0.155. The molecule has 3 rings (SSSR count). The predicted octanol–water partition coefficient (Wildman–Crippen LogP) is 3.78. The number of methoxy groups -OCH3 is 1. The van der Waals surface area contributed by atoms with E-state index in [1.54, 1.807) is 7.11 Å². The van der Waals surface area contributed by atoms with Crippen LogP contribution in [0, 0.1) is 0 Å². The number of carbonyl (C=O) groups excluding carboxylic acids is 2. The summed E-state index contributed by atoms with van der Waals surface area (Å²) in [6, 6.07) is 14.5. The third-order valence-electron chi connectivity index (χ3n) is 4.59. The van der Waals surface area contributed by atoms with Crippen LogP contribution in [0.4, 0.5) is 11.4 Å². The maximum absolute atomic E-state index is 12.7. The van der Waals surface area contributed by atoms with Gasteiger partial charge in [-0.25, -0.2) is 4.90 Å². The maximum Gasteiger partial charge on any atom is 0.256 e. The number of carbonyl (C=O) groups is 2. The van der Waals surface area contributed by atoms with Crippen molar-refractivity contribution >= 4 is 23.2 Å². The largest absolute Gasteiger partial charge is 0.497 e. The molecule has 0 radical (unpaired) electrons. The topological polar surface area (TPSA) is 58.6 Å². The van der Waals surface area contributed by atoms with Gasteiger partial charge in [-0.1, -0.05) is 25.5 Å². The van der Waals surface area contributed by atoms with Gasteiger partial charge in [0.05, 0.1) is 19.2 Å². The van der Waals surface area contributed by atoms with Gasteiger partial charge in [0.15, 0.2) is 0 Å². The molecule has 1 heterocycles. The smallest absolute Gasteiger partial charge is 0.256 e. The molecule has 0 spiro atoms. The van der Waals surface area contributed by atoms with Crippen LogP contribution in [-0.2, 0) is 16.0 Å². The predicted molar refractivity (Wildman–Crippen MR) is 103 cm³/mol. The van der Waals surface area contributed by atoms with Gasteiger partial charge >= 0.3 is 0 Å². The van der Waals surface area contributed by atoms with Gasteiger partial charge < -0.3 is 10.1 Å². The molecule has 1 N–H and O–H groups in total. The van der Waals surface area contributed by atoms with Crippen LogP contribution >= 0.6 is 0 Å². The number of nitrogens with zero attached hydrogens (tertiary/aromatic N) is 1. The van der Waals surface area contributed by atoms with Crippen LogP contribution in [0.25, 0.3) is 0 Å². The molecule has 0 bridgehead atoms. The summed E-state index contributed by atoms with van der Waals surface area (Å²) in [7, 11) is 1.60. The molecule has 0 aliphatic carbocycles. The first-order chi connectivity index (χ1) is 12.6. The van der Waals surface area contributed by atoms with Crippen molar-refractivity contribution in [2.75, 3.05) is 17.3 Å². The lowest BCUT2D eigenvalue weighted by atomic mass is 10.1. The molecular weight excluding hydrogens is 328 g/mol. The third kappa shape index (κ3) is 3.87. The van der Waals surface area contributed by atoms with Gasteiger partial charge in [-0.3, -0.25) is 9.59 Å². The minimum Gasteiger partial charge on any atom is -0.497 e. The zero-order chi connectivity index (χ0) is 18.5. The Bertz CT molecular complexity index is 769. The fourth-order valence-corrected chi connectivity index (χ4v) is 3.10. The lowest BCUT2D eigenvalue weighted by Crippen LogP contribution is -2.34. The second kappa shape index (κ2) is 8.04. The average Bonchev–Trinajstić information content (AvgIpc) is 2.94. The van der Waals surface area contributed by atoms with Gasteiger partial charge in [-0.15, -0.1) is 0 Å². The Labute approximate surface area is 154 Å². The normalized spacial score (nSPS) is 16.8. The van der Waals surface area contributed by atoms with Crippen LogP contribution in [0.1, 0.15) is 31.7 Å². The van der Waals surface area contributed by atoms with Crippen LogP contribution in [0.15, 0.2) is 48.5 Å². The molecule has 1 saturated heterocycles. The van der Waals surface area contributed by atoms with E-state index in [-0.39, 0.29) is 18.2 Å². The minimum atomic E-state index is -0.546. The molecular formula is C21H24N2O3. The van der Waals surface area contributed by atoms with Crippen LogP contribution in [0.2, 0.25) is 0 Å². The van der Waals surface area contributed by atoms with E-state index >= 15 is 0 Å². The Morgan fingerprint density at radius 1 is 1.08 bits per heavy atom. The fourth-order valence-electron chi connectivity index (χ4n) is 3.10. The first-order valence-corrected chi connectivity index (χ1v) is 8.98. The number of nitrogens with one attached hydrogen (secondary N) is 1. The zero-order valence-corrected chi connectivity index (χ0v) is 15.2. The SMILES string of the molecule is CCCCc1ccc(N2C(=O)C[C@H](Nc3ccc(OC)cc3)C2=O)cc1. The van der Waals surface area contributed by atoms with Crippen LogP contribution in [-0.4, -0.2) is 25.0 Å². The number of benzene rings is 2. The highest BCUT2D eigenvalue weighted by Crippen LogP contribution is 2.26. The first kappa shape index (κ1) is 18.0. The number of hydrogen-bond donors (Lipinski definition) is 1. The van der Waals surface area contributed by atoms with Gasteiger partial charge in [0.25, 0.3) is 5.91 Å². The highest BCUT2D eigenvalue weighted by molar-refractivity contribution is 6.23. The molecule has 1 fully saturated rings. The lowest BCUT2D eigenvalue weighted by Gasteiger charge is -2.16. The molecule has 5 heteroatoms. The van der Waals surface area contributed by atoms with Gasteiger partial charge in [-0.2, -0.15) is 0 Å². The maximum atomic E-state index is 12.7. The number of aryl methyl sites for hydroxylation is 1. The standard InChI is InChI=1S/C21H24N2O3/c1-3-4-5-15-6-10-17(11-7-15)23-20(24)14-19(21(23)25)22-16-8-12-18(26-2)13-9-16/h6-13,19,22H,3-5,14H2,1-2H3/t19-/m0/s1. The van der Waals surface area contributed by atoms with Gasteiger partial charge in [0, 0.05) is 5.69 Å². The molecule has 2 amide bonds. The molecule has 1 aliphatic heterocycles. The number of ether oxygens (including phenoxy) is 1. The molecule has 1 aliphatic rings. The second-order valence-corrected chi connectivity index (χ2v) is 6.47. The molecule has 1 atom stereocenters. The lowest BCUT2D eigenvalue weighted by molar-refractivity contribution is -0.121. The molecule has 136 valence electrons. The third-order valence-corrected chi connectivity index (χ3v) is 4.59. The van der Waals surface area contributed by atoms with Crippen molar-refractivity contribution in [3.63, 3.8) is 0 Å². The van der Waals surface area contributed by atoms with E-state index < -0.39 is 6.04 Å². The van der Waals surface area contributed by atoms with Crippen molar-refractivity contribution < 1.29 is 14.3 Å². The van der Waals surface area contributed by atoms with Crippen molar-refractivity contribution in [3.8, 4) is 5.75 Å². The summed E-state index contributed by atoms with van der Waals surface area (Å²) < 4.78 is 5.13. The molecule has 0 aromatic heterocycles. The van der Waals surface area contributed by atoms with E-state index in [0.29, 0.717) is 5.69 Å². The van der Waals surface area contributed by atoms with E-state index in [2.05, 4.69) is 12.2 Å². The van der Waals surface area contributed by atoms with Crippen LogP contribution < -0.4 is 15.0 Å². The van der Waals surface area contributed by atoms with Crippen molar-refractivity contribution in [1.82, 2.24) is 0 Å². The van der Waals surface area contributed by atoms with Crippen LogP contribution in [0.3, 0.4) is 0 Å². The number of anilines is 2. The summed E-state index contributed by atoms with van der Waals surface area (Å²) >= 11 is 0. The average molecular weight is 352 g/mol. The quantitative estimate of drug-likeness (QED) is 0.771. The van der Waals surface area contributed by atoms with E-state index in [0.717, 1.165) is 30.7 Å². The number of imide groups is 1. The molecule has 2 aromatic carbocycles. The van der Waals surface area contributed by atoms with E-state index in [1.807, 2.05) is 48.5 Å². The second-order valence-electron chi connectivity index (χ2n) is 6.47. The Morgan fingerprint density at radius 3 is 2.38 bits per heavy atom. The number of unbranched alkanes of at least 4 members (excludes halogenated alkanes) is 1. The summed E-state index contributed by atoms with van der Waals surface area (Å²) in [4.78, 5) is 26.4. The van der Waals surface area contributed by atoms with Crippen molar-refractivity contribution in [1.29, 1.82) is 0 Å². The first-order valence-electron chi connectivity index (χ1n) is 8.98. The zero-order valence-electron chi connectivity index (χ0n) is 15.2. The van der Waals surface area contributed by atoms with E-state index in [1.165, 1.54) is 10.5 Å². The van der Waals surface area contributed by atoms with Crippen molar-refractivity contribution in [2.45, 2.75) is 38.6 Å². The highest BCUT2D eigenvalue weighted by atomic mass is 16.5. The molecule has 0 saturated carbocycles. The Balaban J connectivity index is 1.69. The van der Waals surface area contributed by atoms with Gasteiger partial charge in [-0.05, 0) is 54.8 Å². The Morgan fingerprint density at radius 2 is 1.77 bits per heavy atom. The van der Waals surface area contributed by atoms with Gasteiger partial charge in [0.2, 0.25) is 5.91 Å². The highest BCUT2D eigenvalue weighted by Gasteiger charge is 2.39. The Kier molecular flexibility index (Phi) is 5.56. The molecule has 0 unspecified atom stereocenters. The molecule has 5 nitrogen and oxygen atoms in total. The monoisotopic (exact) mass is 352 g/mol. The summed E-state index contributed by atoms with van der Waals surface area (Å²) in [6.07, 6.45) is 3.45. The fraction of sp³-hybridized carbons (Fsp3) is 0.333. The number of hydrogen-bond acceptors (Lipinski definition) is 4.